The van der Waals surface area contributed by atoms with Gasteiger partial charge in [-0.25, -0.2) is 0 Å². The summed E-state index contributed by atoms with van der Waals surface area (Å²) in [7, 11) is 0. The summed E-state index contributed by atoms with van der Waals surface area (Å²) in [6.45, 7) is 6.23. The first kappa shape index (κ1) is 18.8. The molecular formula is C21H25N3O3. The van der Waals surface area contributed by atoms with Crippen LogP contribution in [0.3, 0.4) is 0 Å². The van der Waals surface area contributed by atoms with Crippen LogP contribution < -0.4 is 20.3 Å². The van der Waals surface area contributed by atoms with Crippen LogP contribution in [0.2, 0.25) is 0 Å². The Morgan fingerprint density at radius 2 is 1.96 bits per heavy atom. The maximum atomic E-state index is 12.0. The molecule has 27 heavy (non-hydrogen) atoms. The maximum Gasteiger partial charge on any atom is 0.258 e. The van der Waals surface area contributed by atoms with Gasteiger partial charge in [0, 0.05) is 25.3 Å². The summed E-state index contributed by atoms with van der Waals surface area (Å²) in [5, 5.41) is 5.68. The van der Waals surface area contributed by atoms with Crippen molar-refractivity contribution < 1.29 is 14.3 Å². The summed E-state index contributed by atoms with van der Waals surface area (Å²) in [5.41, 5.74) is 4.12. The van der Waals surface area contributed by atoms with Crippen molar-refractivity contribution in [3.63, 3.8) is 0 Å². The van der Waals surface area contributed by atoms with E-state index in [0.29, 0.717) is 19.6 Å². The van der Waals surface area contributed by atoms with E-state index in [2.05, 4.69) is 10.6 Å². The molecular weight excluding hydrogens is 342 g/mol. The second-order valence-electron chi connectivity index (χ2n) is 6.77. The average molecular weight is 367 g/mol. The van der Waals surface area contributed by atoms with Gasteiger partial charge in [-0.2, -0.15) is 0 Å². The van der Waals surface area contributed by atoms with Crippen LogP contribution in [0.15, 0.2) is 42.5 Å². The Hall–Kier alpha value is -3.02. The number of benzene rings is 2. The van der Waals surface area contributed by atoms with Crippen LogP contribution in [0.5, 0.6) is 5.75 Å². The third-order valence-electron chi connectivity index (χ3n) is 4.53. The summed E-state index contributed by atoms with van der Waals surface area (Å²) in [4.78, 5) is 25.6. The summed E-state index contributed by atoms with van der Waals surface area (Å²) in [5.74, 6) is 0.620. The van der Waals surface area contributed by atoms with Crippen molar-refractivity contribution in [2.24, 2.45) is 0 Å². The molecule has 6 heteroatoms. The minimum Gasteiger partial charge on any atom is -0.483 e. The van der Waals surface area contributed by atoms with Gasteiger partial charge in [-0.05, 0) is 48.7 Å². The van der Waals surface area contributed by atoms with Gasteiger partial charge in [0.2, 0.25) is 5.91 Å². The highest BCUT2D eigenvalue weighted by Crippen LogP contribution is 2.19. The lowest BCUT2D eigenvalue weighted by atomic mass is 10.1. The number of piperazine rings is 1. The SMILES string of the molecule is Cc1ccc(C)c(OCC(=O)NCc2ccc(N3CCNC(=O)C3)cc2)c1. The third kappa shape index (κ3) is 5.23. The zero-order valence-corrected chi connectivity index (χ0v) is 15.7. The van der Waals surface area contributed by atoms with E-state index in [1.807, 2.05) is 61.2 Å². The number of hydrogen-bond acceptors (Lipinski definition) is 4. The Balaban J connectivity index is 1.47. The van der Waals surface area contributed by atoms with Crippen molar-refractivity contribution in [2.45, 2.75) is 20.4 Å². The van der Waals surface area contributed by atoms with Crippen LogP contribution >= 0.6 is 0 Å². The molecule has 1 saturated heterocycles. The molecule has 0 atom stereocenters. The number of aryl methyl sites for hydroxylation is 2. The minimum atomic E-state index is -0.160. The molecule has 0 radical (unpaired) electrons. The topological polar surface area (TPSA) is 70.7 Å². The fraction of sp³-hybridized carbons (Fsp3) is 0.333. The van der Waals surface area contributed by atoms with Gasteiger partial charge in [-0.1, -0.05) is 24.3 Å². The standard InChI is InChI=1S/C21H25N3O3/c1-15-3-4-16(2)19(11-15)27-14-21(26)23-12-17-5-7-18(8-6-17)24-10-9-22-20(25)13-24/h3-8,11H,9-10,12-14H2,1-2H3,(H,22,25)(H,23,26). The number of ether oxygens (including phenoxy) is 1. The highest BCUT2D eigenvalue weighted by molar-refractivity contribution is 5.82. The molecule has 0 saturated carbocycles. The number of hydrogen-bond donors (Lipinski definition) is 2. The van der Waals surface area contributed by atoms with Crippen molar-refractivity contribution in [2.75, 3.05) is 31.1 Å². The molecule has 3 rings (SSSR count). The molecule has 142 valence electrons. The van der Waals surface area contributed by atoms with E-state index in [9.17, 15) is 9.59 Å². The van der Waals surface area contributed by atoms with Gasteiger partial charge in [-0.3, -0.25) is 9.59 Å². The third-order valence-corrected chi connectivity index (χ3v) is 4.53. The molecule has 2 aromatic carbocycles. The number of rotatable bonds is 6. The number of nitrogens with zero attached hydrogens (tertiary/aromatic N) is 1. The van der Waals surface area contributed by atoms with Crippen molar-refractivity contribution in [3.8, 4) is 5.75 Å². The van der Waals surface area contributed by atoms with Crippen molar-refractivity contribution in [3.05, 3.63) is 59.2 Å². The Morgan fingerprint density at radius 3 is 2.70 bits per heavy atom. The summed E-state index contributed by atoms with van der Waals surface area (Å²) in [6.07, 6.45) is 0. The van der Waals surface area contributed by atoms with Crippen molar-refractivity contribution >= 4 is 17.5 Å². The molecule has 0 unspecified atom stereocenters. The molecule has 0 spiro atoms. The molecule has 0 aromatic heterocycles. The molecule has 0 aliphatic carbocycles. The van der Waals surface area contributed by atoms with E-state index < -0.39 is 0 Å². The summed E-state index contributed by atoms with van der Waals surface area (Å²) >= 11 is 0. The number of carbonyl (C=O) groups is 2. The second-order valence-corrected chi connectivity index (χ2v) is 6.77. The monoisotopic (exact) mass is 367 g/mol. The normalized spacial score (nSPS) is 13.9. The maximum absolute atomic E-state index is 12.0. The van der Waals surface area contributed by atoms with Gasteiger partial charge in [0.05, 0.1) is 6.54 Å². The van der Waals surface area contributed by atoms with Gasteiger partial charge < -0.3 is 20.3 Å². The molecule has 0 bridgehead atoms. The Kier molecular flexibility index (Phi) is 5.96. The number of anilines is 1. The molecule has 6 nitrogen and oxygen atoms in total. The van der Waals surface area contributed by atoms with E-state index >= 15 is 0 Å². The minimum absolute atomic E-state index is 0.00866. The van der Waals surface area contributed by atoms with Gasteiger partial charge in [-0.15, -0.1) is 0 Å². The molecule has 2 amide bonds. The van der Waals surface area contributed by atoms with Gasteiger partial charge >= 0.3 is 0 Å². The highest BCUT2D eigenvalue weighted by Gasteiger charge is 2.16. The van der Waals surface area contributed by atoms with Crippen molar-refractivity contribution in [1.29, 1.82) is 0 Å². The van der Waals surface area contributed by atoms with E-state index in [-0.39, 0.29) is 18.4 Å². The Morgan fingerprint density at radius 1 is 1.19 bits per heavy atom. The lowest BCUT2D eigenvalue weighted by Crippen LogP contribution is -2.47. The first-order valence-electron chi connectivity index (χ1n) is 9.08. The number of amides is 2. The zero-order valence-electron chi connectivity index (χ0n) is 15.7. The van der Waals surface area contributed by atoms with Gasteiger partial charge in [0.25, 0.3) is 5.91 Å². The van der Waals surface area contributed by atoms with Crippen LogP contribution in [0.1, 0.15) is 16.7 Å². The van der Waals surface area contributed by atoms with Crippen LogP contribution in [0.4, 0.5) is 5.69 Å². The molecule has 1 aliphatic heterocycles. The largest absolute Gasteiger partial charge is 0.483 e. The lowest BCUT2D eigenvalue weighted by molar-refractivity contribution is -0.123. The van der Waals surface area contributed by atoms with E-state index in [4.69, 9.17) is 4.74 Å². The predicted octanol–water partition coefficient (Wildman–Crippen LogP) is 1.93. The fourth-order valence-electron chi connectivity index (χ4n) is 2.94. The zero-order chi connectivity index (χ0) is 19.2. The van der Waals surface area contributed by atoms with Crippen LogP contribution in [-0.4, -0.2) is 38.1 Å². The first-order valence-corrected chi connectivity index (χ1v) is 9.08. The van der Waals surface area contributed by atoms with Gasteiger partial charge in [0.15, 0.2) is 6.61 Å². The van der Waals surface area contributed by atoms with Crippen LogP contribution in [-0.2, 0) is 16.1 Å². The lowest BCUT2D eigenvalue weighted by Gasteiger charge is -2.28. The first-order chi connectivity index (χ1) is 13.0. The molecule has 2 aromatic rings. The summed E-state index contributed by atoms with van der Waals surface area (Å²) < 4.78 is 5.62. The average Bonchev–Trinajstić information content (AvgIpc) is 2.67. The highest BCUT2D eigenvalue weighted by atomic mass is 16.5. The quantitative estimate of drug-likeness (QED) is 0.819. The van der Waals surface area contributed by atoms with E-state index in [0.717, 1.165) is 34.7 Å². The number of nitrogens with one attached hydrogen (secondary N) is 2. The van der Waals surface area contributed by atoms with Crippen LogP contribution in [0.25, 0.3) is 0 Å². The number of carbonyl (C=O) groups excluding carboxylic acids is 2. The van der Waals surface area contributed by atoms with Crippen molar-refractivity contribution in [1.82, 2.24) is 10.6 Å². The van der Waals surface area contributed by atoms with Crippen LogP contribution in [0, 0.1) is 13.8 Å². The van der Waals surface area contributed by atoms with E-state index in [1.54, 1.807) is 0 Å². The summed E-state index contributed by atoms with van der Waals surface area (Å²) in [6, 6.07) is 13.8. The molecule has 1 fully saturated rings. The fourth-order valence-corrected chi connectivity index (χ4v) is 2.94. The molecule has 2 N–H and O–H groups in total. The predicted molar refractivity (Wildman–Crippen MR) is 105 cm³/mol. The second kappa shape index (κ2) is 8.58. The van der Waals surface area contributed by atoms with E-state index in [1.165, 1.54) is 0 Å². The van der Waals surface area contributed by atoms with Gasteiger partial charge in [0.1, 0.15) is 5.75 Å². The Bertz CT molecular complexity index is 818. The molecule has 1 aliphatic rings. The molecule has 1 heterocycles. The Labute approximate surface area is 159 Å². The smallest absolute Gasteiger partial charge is 0.258 e.